The molecular weight excluding hydrogens is 281 g/mol. The van der Waals surface area contributed by atoms with Gasteiger partial charge in [-0.2, -0.15) is 0 Å². The number of carbonyl (C=O) groups is 1. The van der Waals surface area contributed by atoms with Gasteiger partial charge in [-0.3, -0.25) is 4.79 Å². The van der Waals surface area contributed by atoms with Crippen molar-refractivity contribution in [3.8, 4) is 0 Å². The van der Waals surface area contributed by atoms with Crippen molar-refractivity contribution in [1.29, 1.82) is 0 Å². The van der Waals surface area contributed by atoms with Gasteiger partial charge in [0.2, 0.25) is 5.78 Å². The molecule has 2 aromatic rings. The summed E-state index contributed by atoms with van der Waals surface area (Å²) in [5.74, 6) is -0.899. The molecule has 0 aliphatic heterocycles. The largest absolute Gasteiger partial charge is 0.342 e. The molecular formula is C11H7ClFNO3S. The van der Waals surface area contributed by atoms with Crippen molar-refractivity contribution < 1.29 is 17.6 Å². The Morgan fingerprint density at radius 2 is 1.72 bits per heavy atom. The van der Waals surface area contributed by atoms with Crippen LogP contribution in [0.5, 0.6) is 0 Å². The predicted molar refractivity (Wildman–Crippen MR) is 63.7 cm³/mol. The van der Waals surface area contributed by atoms with E-state index in [4.69, 9.17) is 10.7 Å². The maximum Gasteiger partial charge on any atom is 0.276 e. The minimum atomic E-state index is -3.90. The van der Waals surface area contributed by atoms with Gasteiger partial charge in [-0.15, -0.1) is 0 Å². The van der Waals surface area contributed by atoms with Gasteiger partial charge >= 0.3 is 0 Å². The number of nitrogens with one attached hydrogen (secondary N) is 1. The number of rotatable bonds is 3. The van der Waals surface area contributed by atoms with Gasteiger partial charge < -0.3 is 4.98 Å². The number of ketones is 1. The first-order chi connectivity index (χ1) is 8.38. The second-order valence-corrected chi connectivity index (χ2v) is 6.04. The van der Waals surface area contributed by atoms with E-state index in [1.54, 1.807) is 0 Å². The molecule has 1 aromatic carbocycles. The van der Waals surface area contributed by atoms with E-state index < -0.39 is 20.7 Å². The first-order valence-electron chi connectivity index (χ1n) is 4.82. The summed E-state index contributed by atoms with van der Waals surface area (Å²) in [4.78, 5) is 14.3. The van der Waals surface area contributed by atoms with Gasteiger partial charge in [-0.05, 0) is 36.4 Å². The van der Waals surface area contributed by atoms with Crippen LogP contribution < -0.4 is 0 Å². The molecule has 0 unspecified atom stereocenters. The van der Waals surface area contributed by atoms with E-state index in [0.29, 0.717) is 0 Å². The fraction of sp³-hybridized carbons (Fsp3) is 0. The molecule has 0 atom stereocenters. The summed E-state index contributed by atoms with van der Waals surface area (Å²) < 4.78 is 34.7. The summed E-state index contributed by atoms with van der Waals surface area (Å²) in [6.07, 6.45) is 0. The average Bonchev–Trinajstić information content (AvgIpc) is 2.78. The average molecular weight is 288 g/mol. The van der Waals surface area contributed by atoms with Gasteiger partial charge in [0, 0.05) is 16.2 Å². The van der Waals surface area contributed by atoms with Crippen molar-refractivity contribution in [2.24, 2.45) is 0 Å². The molecule has 0 amide bonds. The number of aromatic nitrogens is 1. The molecule has 1 heterocycles. The zero-order chi connectivity index (χ0) is 13.3. The van der Waals surface area contributed by atoms with Gasteiger partial charge in [-0.1, -0.05) is 0 Å². The number of aromatic amines is 1. The van der Waals surface area contributed by atoms with E-state index in [2.05, 4.69) is 4.98 Å². The molecule has 0 radical (unpaired) electrons. The number of hydrogen-bond donors (Lipinski definition) is 1. The number of halogens is 2. The molecule has 0 spiro atoms. The van der Waals surface area contributed by atoms with Crippen LogP contribution in [-0.4, -0.2) is 19.2 Å². The predicted octanol–water partition coefficient (Wildman–Crippen LogP) is 2.31. The summed E-state index contributed by atoms with van der Waals surface area (Å²) in [5.41, 5.74) is 0.317. The third-order valence-electron chi connectivity index (χ3n) is 2.27. The van der Waals surface area contributed by atoms with Crippen LogP contribution >= 0.6 is 10.7 Å². The van der Waals surface area contributed by atoms with Crippen molar-refractivity contribution in [1.82, 2.24) is 4.98 Å². The summed E-state index contributed by atoms with van der Waals surface area (Å²) in [6, 6.07) is 7.42. The number of hydrogen-bond acceptors (Lipinski definition) is 3. The number of benzene rings is 1. The zero-order valence-electron chi connectivity index (χ0n) is 8.85. The fourth-order valence-electron chi connectivity index (χ4n) is 1.41. The molecule has 0 saturated carbocycles. The van der Waals surface area contributed by atoms with Gasteiger partial charge in [0.1, 0.15) is 10.8 Å². The first-order valence-corrected chi connectivity index (χ1v) is 7.13. The van der Waals surface area contributed by atoms with Crippen LogP contribution in [0, 0.1) is 5.82 Å². The molecule has 94 valence electrons. The van der Waals surface area contributed by atoms with Gasteiger partial charge in [0.25, 0.3) is 9.05 Å². The summed E-state index contributed by atoms with van der Waals surface area (Å²) in [7, 11) is 1.22. The van der Waals surface area contributed by atoms with Crippen LogP contribution in [0.1, 0.15) is 16.1 Å². The number of H-pyrrole nitrogens is 1. The summed E-state index contributed by atoms with van der Waals surface area (Å²) in [5, 5.41) is -0.255. The lowest BCUT2D eigenvalue weighted by molar-refractivity contribution is 0.103. The molecule has 0 saturated heterocycles. The molecule has 0 bridgehead atoms. The Morgan fingerprint density at radius 1 is 1.11 bits per heavy atom. The SMILES string of the molecule is O=C(c1ccc(F)cc1)c1ccc(S(=O)(=O)Cl)[nH]1. The van der Waals surface area contributed by atoms with E-state index in [-0.39, 0.29) is 16.3 Å². The first kappa shape index (κ1) is 12.8. The minimum Gasteiger partial charge on any atom is -0.342 e. The smallest absolute Gasteiger partial charge is 0.276 e. The summed E-state index contributed by atoms with van der Waals surface area (Å²) in [6.45, 7) is 0. The normalized spacial score (nSPS) is 11.4. The van der Waals surface area contributed by atoms with Crippen molar-refractivity contribution in [2.75, 3.05) is 0 Å². The highest BCUT2D eigenvalue weighted by atomic mass is 35.7. The Balaban J connectivity index is 2.35. The molecule has 1 aromatic heterocycles. The van der Waals surface area contributed by atoms with Gasteiger partial charge in [-0.25, -0.2) is 12.8 Å². The highest BCUT2D eigenvalue weighted by molar-refractivity contribution is 8.13. The van der Waals surface area contributed by atoms with Crippen LogP contribution in [0.25, 0.3) is 0 Å². The zero-order valence-corrected chi connectivity index (χ0v) is 10.4. The maximum absolute atomic E-state index is 12.7. The monoisotopic (exact) mass is 287 g/mol. The molecule has 1 N–H and O–H groups in total. The Hall–Kier alpha value is -1.66. The van der Waals surface area contributed by atoms with Crippen molar-refractivity contribution in [3.63, 3.8) is 0 Å². The van der Waals surface area contributed by atoms with Crippen LogP contribution in [-0.2, 0) is 9.05 Å². The van der Waals surface area contributed by atoms with Crippen LogP contribution in [0.4, 0.5) is 4.39 Å². The fourth-order valence-corrected chi connectivity index (χ4v) is 2.14. The topological polar surface area (TPSA) is 67.0 Å². The van der Waals surface area contributed by atoms with Crippen molar-refractivity contribution in [3.05, 3.63) is 53.5 Å². The van der Waals surface area contributed by atoms with Gasteiger partial charge in [0.05, 0.1) is 5.69 Å². The Labute approximate surface area is 107 Å². The molecule has 7 heteroatoms. The third kappa shape index (κ3) is 2.60. The lowest BCUT2D eigenvalue weighted by Gasteiger charge is -1.98. The van der Waals surface area contributed by atoms with Crippen LogP contribution in [0.2, 0.25) is 0 Å². The van der Waals surface area contributed by atoms with Gasteiger partial charge in [0.15, 0.2) is 0 Å². The quantitative estimate of drug-likeness (QED) is 0.696. The molecule has 4 nitrogen and oxygen atoms in total. The highest BCUT2D eigenvalue weighted by Crippen LogP contribution is 2.16. The Bertz CT molecular complexity index is 691. The Morgan fingerprint density at radius 3 is 2.22 bits per heavy atom. The molecule has 0 aliphatic rings. The van der Waals surface area contributed by atoms with Crippen molar-refractivity contribution >= 4 is 25.5 Å². The highest BCUT2D eigenvalue weighted by Gasteiger charge is 2.16. The molecule has 18 heavy (non-hydrogen) atoms. The number of carbonyl (C=O) groups excluding carboxylic acids is 1. The van der Waals surface area contributed by atoms with E-state index in [1.165, 1.54) is 24.3 Å². The van der Waals surface area contributed by atoms with E-state index in [1.807, 2.05) is 0 Å². The van der Waals surface area contributed by atoms with E-state index >= 15 is 0 Å². The minimum absolute atomic E-state index is 0.0702. The van der Waals surface area contributed by atoms with Crippen LogP contribution in [0.15, 0.2) is 41.4 Å². The second kappa shape index (κ2) is 4.55. The lowest BCUT2D eigenvalue weighted by Crippen LogP contribution is -2.02. The van der Waals surface area contributed by atoms with Crippen molar-refractivity contribution in [2.45, 2.75) is 5.03 Å². The molecule has 0 aliphatic carbocycles. The van der Waals surface area contributed by atoms with Crippen LogP contribution in [0.3, 0.4) is 0 Å². The molecule has 2 rings (SSSR count). The molecule has 0 fully saturated rings. The van der Waals surface area contributed by atoms with E-state index in [0.717, 1.165) is 12.1 Å². The maximum atomic E-state index is 12.7. The van der Waals surface area contributed by atoms with E-state index in [9.17, 15) is 17.6 Å². The summed E-state index contributed by atoms with van der Waals surface area (Å²) >= 11 is 0. The third-order valence-corrected chi connectivity index (χ3v) is 3.54. The Kier molecular flexibility index (Phi) is 3.23. The lowest BCUT2D eigenvalue weighted by atomic mass is 10.1. The second-order valence-electron chi connectivity index (χ2n) is 3.51. The standard InChI is InChI=1S/C11H7ClFNO3S/c12-18(16,17)10-6-5-9(14-10)11(15)7-1-3-8(13)4-2-7/h1-6,14H.